The van der Waals surface area contributed by atoms with Crippen LogP contribution in [-0.4, -0.2) is 41.8 Å². The molecule has 0 aromatic carbocycles. The second kappa shape index (κ2) is 8.05. The van der Waals surface area contributed by atoms with Crippen molar-refractivity contribution in [2.75, 3.05) is 19.7 Å². The van der Waals surface area contributed by atoms with Gasteiger partial charge in [-0.1, -0.05) is 0 Å². The lowest BCUT2D eigenvalue weighted by Gasteiger charge is -2.09. The third-order valence-corrected chi connectivity index (χ3v) is 2.33. The van der Waals surface area contributed by atoms with Gasteiger partial charge in [0.15, 0.2) is 0 Å². The Morgan fingerprint density at radius 2 is 1.91 bits per heavy atom. The molecule has 0 atom stereocenters. The molecular weight excluding hydrogens is 307 g/mol. The fraction of sp³-hybridized carbons (Fsp3) is 0.417. The first-order chi connectivity index (χ1) is 10.3. The fourth-order valence-electron chi connectivity index (χ4n) is 1.30. The SMILES string of the molecule is O=C(O)CCNC(=O)NCCOc1ccc(C(F)(F)F)cn1. The molecule has 0 saturated heterocycles. The first kappa shape index (κ1) is 17.5. The van der Waals surface area contributed by atoms with Crippen molar-refractivity contribution in [1.29, 1.82) is 0 Å². The summed E-state index contributed by atoms with van der Waals surface area (Å²) < 4.78 is 41.9. The predicted molar refractivity (Wildman–Crippen MR) is 68.4 cm³/mol. The second-order valence-corrected chi connectivity index (χ2v) is 4.06. The zero-order valence-corrected chi connectivity index (χ0v) is 11.3. The maximum atomic E-state index is 12.3. The molecular formula is C12H14F3N3O4. The van der Waals surface area contributed by atoms with Gasteiger partial charge in [-0.3, -0.25) is 4.79 Å². The summed E-state index contributed by atoms with van der Waals surface area (Å²) >= 11 is 0. The van der Waals surface area contributed by atoms with Crippen LogP contribution in [0.5, 0.6) is 5.88 Å². The molecule has 1 heterocycles. The van der Waals surface area contributed by atoms with E-state index in [1.165, 1.54) is 0 Å². The average molecular weight is 321 g/mol. The topological polar surface area (TPSA) is 101 Å². The van der Waals surface area contributed by atoms with Gasteiger partial charge >= 0.3 is 18.2 Å². The highest BCUT2D eigenvalue weighted by molar-refractivity contribution is 5.74. The van der Waals surface area contributed by atoms with Gasteiger partial charge in [0.05, 0.1) is 18.5 Å². The van der Waals surface area contributed by atoms with Crippen LogP contribution in [0, 0.1) is 0 Å². The molecule has 1 aromatic rings. The fourth-order valence-corrected chi connectivity index (χ4v) is 1.30. The lowest BCUT2D eigenvalue weighted by Crippen LogP contribution is -2.38. The van der Waals surface area contributed by atoms with Crippen molar-refractivity contribution in [3.8, 4) is 5.88 Å². The third-order valence-electron chi connectivity index (χ3n) is 2.33. The molecule has 10 heteroatoms. The van der Waals surface area contributed by atoms with Gasteiger partial charge in [0.1, 0.15) is 6.61 Å². The van der Waals surface area contributed by atoms with Gasteiger partial charge < -0.3 is 20.5 Å². The molecule has 1 aromatic heterocycles. The van der Waals surface area contributed by atoms with Crippen LogP contribution in [0.1, 0.15) is 12.0 Å². The van der Waals surface area contributed by atoms with Crippen LogP contribution >= 0.6 is 0 Å². The minimum Gasteiger partial charge on any atom is -0.481 e. The second-order valence-electron chi connectivity index (χ2n) is 4.06. The monoisotopic (exact) mass is 321 g/mol. The van der Waals surface area contributed by atoms with Crippen LogP contribution in [-0.2, 0) is 11.0 Å². The van der Waals surface area contributed by atoms with E-state index in [4.69, 9.17) is 9.84 Å². The highest BCUT2D eigenvalue weighted by Gasteiger charge is 2.30. The maximum Gasteiger partial charge on any atom is 0.417 e. The van der Waals surface area contributed by atoms with E-state index in [0.717, 1.165) is 12.1 Å². The summed E-state index contributed by atoms with van der Waals surface area (Å²) in [5.74, 6) is -1.03. The number of nitrogens with one attached hydrogen (secondary N) is 2. The normalized spacial score (nSPS) is 10.9. The van der Waals surface area contributed by atoms with E-state index in [1.807, 2.05) is 0 Å². The molecule has 1 rings (SSSR count). The predicted octanol–water partition coefficient (Wildman–Crippen LogP) is 1.25. The van der Waals surface area contributed by atoms with Gasteiger partial charge in [0.2, 0.25) is 5.88 Å². The van der Waals surface area contributed by atoms with Gasteiger partial charge in [-0.25, -0.2) is 9.78 Å². The summed E-state index contributed by atoms with van der Waals surface area (Å²) in [5, 5.41) is 13.1. The Bertz CT molecular complexity index is 505. The van der Waals surface area contributed by atoms with Crippen LogP contribution in [0.4, 0.5) is 18.0 Å². The number of carbonyl (C=O) groups is 2. The molecule has 0 aliphatic rings. The number of urea groups is 1. The molecule has 0 aliphatic heterocycles. The number of carbonyl (C=O) groups excluding carboxylic acids is 1. The number of nitrogens with zero attached hydrogens (tertiary/aromatic N) is 1. The van der Waals surface area contributed by atoms with E-state index in [0.29, 0.717) is 6.20 Å². The Morgan fingerprint density at radius 1 is 1.23 bits per heavy atom. The first-order valence-electron chi connectivity index (χ1n) is 6.18. The summed E-state index contributed by atoms with van der Waals surface area (Å²) in [7, 11) is 0. The minimum atomic E-state index is -4.46. The summed E-state index contributed by atoms with van der Waals surface area (Å²) in [4.78, 5) is 24.9. The number of pyridine rings is 1. The number of hydrogen-bond donors (Lipinski definition) is 3. The van der Waals surface area contributed by atoms with Gasteiger partial charge in [0, 0.05) is 18.8 Å². The lowest BCUT2D eigenvalue weighted by atomic mass is 10.3. The smallest absolute Gasteiger partial charge is 0.417 e. The molecule has 3 N–H and O–H groups in total. The molecule has 22 heavy (non-hydrogen) atoms. The van der Waals surface area contributed by atoms with Crippen LogP contribution in [0.25, 0.3) is 0 Å². The van der Waals surface area contributed by atoms with Crippen molar-refractivity contribution in [1.82, 2.24) is 15.6 Å². The molecule has 122 valence electrons. The van der Waals surface area contributed by atoms with Gasteiger partial charge in [-0.05, 0) is 6.07 Å². The quantitative estimate of drug-likeness (QED) is 0.656. The molecule has 0 fully saturated rings. The number of halogens is 3. The van der Waals surface area contributed by atoms with Crippen LogP contribution in [0.2, 0.25) is 0 Å². The van der Waals surface area contributed by atoms with Crippen molar-refractivity contribution in [3.05, 3.63) is 23.9 Å². The molecule has 7 nitrogen and oxygen atoms in total. The van der Waals surface area contributed by atoms with E-state index in [1.54, 1.807) is 0 Å². The van der Waals surface area contributed by atoms with Gasteiger partial charge in [-0.15, -0.1) is 0 Å². The molecule has 2 amide bonds. The zero-order chi connectivity index (χ0) is 16.6. The molecule has 0 radical (unpaired) electrons. The van der Waals surface area contributed by atoms with Gasteiger partial charge in [0.25, 0.3) is 0 Å². The Labute approximate surface area is 123 Å². The average Bonchev–Trinajstić information content (AvgIpc) is 2.43. The van der Waals surface area contributed by atoms with Crippen molar-refractivity contribution in [2.24, 2.45) is 0 Å². The molecule has 0 bridgehead atoms. The molecule has 0 spiro atoms. The Morgan fingerprint density at radius 3 is 2.45 bits per heavy atom. The van der Waals surface area contributed by atoms with E-state index < -0.39 is 23.7 Å². The van der Waals surface area contributed by atoms with Crippen molar-refractivity contribution in [2.45, 2.75) is 12.6 Å². The summed E-state index contributed by atoms with van der Waals surface area (Å²) in [6.45, 7) is 0.0782. The Kier molecular flexibility index (Phi) is 6.42. The van der Waals surface area contributed by atoms with E-state index in [9.17, 15) is 22.8 Å². The summed E-state index contributed by atoms with van der Waals surface area (Å²) in [6, 6.07) is 1.36. The zero-order valence-electron chi connectivity index (χ0n) is 11.3. The molecule has 0 aliphatic carbocycles. The number of carboxylic acids is 1. The summed E-state index contributed by atoms with van der Waals surface area (Å²) in [5.41, 5.74) is -0.879. The number of alkyl halides is 3. The van der Waals surface area contributed by atoms with Crippen molar-refractivity contribution in [3.63, 3.8) is 0 Å². The third kappa shape index (κ3) is 6.77. The van der Waals surface area contributed by atoms with E-state index in [-0.39, 0.29) is 32.0 Å². The Balaban J connectivity index is 2.22. The molecule has 0 saturated carbocycles. The minimum absolute atomic E-state index is 0.00100. The van der Waals surface area contributed by atoms with Crippen molar-refractivity contribution < 1.29 is 32.6 Å². The highest BCUT2D eigenvalue weighted by atomic mass is 19.4. The standard InChI is InChI=1S/C12H14F3N3O4/c13-12(14,15)8-1-2-9(18-7-8)22-6-5-17-11(21)16-4-3-10(19)20/h1-2,7H,3-6H2,(H,19,20)(H2,16,17,21). The number of aliphatic carboxylic acids is 1. The highest BCUT2D eigenvalue weighted by Crippen LogP contribution is 2.29. The number of amides is 2. The number of carboxylic acid groups (broad SMARTS) is 1. The van der Waals surface area contributed by atoms with Crippen LogP contribution in [0.3, 0.4) is 0 Å². The maximum absolute atomic E-state index is 12.3. The number of aromatic nitrogens is 1. The first-order valence-corrected chi connectivity index (χ1v) is 6.18. The van der Waals surface area contributed by atoms with Gasteiger partial charge in [-0.2, -0.15) is 13.2 Å². The van der Waals surface area contributed by atoms with Crippen molar-refractivity contribution >= 4 is 12.0 Å². The lowest BCUT2D eigenvalue weighted by molar-refractivity contribution is -0.138. The number of hydrogen-bond acceptors (Lipinski definition) is 4. The Hall–Kier alpha value is -2.52. The number of ether oxygens (including phenoxy) is 1. The number of rotatable bonds is 7. The van der Waals surface area contributed by atoms with Crippen LogP contribution in [0.15, 0.2) is 18.3 Å². The van der Waals surface area contributed by atoms with E-state index in [2.05, 4.69) is 15.6 Å². The molecule has 0 unspecified atom stereocenters. The van der Waals surface area contributed by atoms with Crippen LogP contribution < -0.4 is 15.4 Å². The van der Waals surface area contributed by atoms with E-state index >= 15 is 0 Å². The summed E-state index contributed by atoms with van der Waals surface area (Å²) in [6.07, 6.45) is -4.00. The largest absolute Gasteiger partial charge is 0.481 e.